The molecule has 1 aromatic rings. The van der Waals surface area contributed by atoms with Crippen molar-refractivity contribution in [1.82, 2.24) is 9.55 Å². The van der Waals surface area contributed by atoms with Crippen molar-refractivity contribution in [3.8, 4) is 0 Å². The summed E-state index contributed by atoms with van der Waals surface area (Å²) in [5.74, 6) is -1.35. The molecule has 7 N–H and O–H groups in total. The summed E-state index contributed by atoms with van der Waals surface area (Å²) in [5.41, 5.74) is 4.57. The van der Waals surface area contributed by atoms with Gasteiger partial charge in [-0.3, -0.25) is 23.2 Å². The molecular weight excluding hydrogens is 912 g/mol. The van der Waals surface area contributed by atoms with E-state index in [0.717, 1.165) is 75.0 Å². The number of hydrogen-bond donors (Lipinski definition) is 6. The van der Waals surface area contributed by atoms with Gasteiger partial charge in [-0.25, -0.2) is 13.9 Å². The maximum absolute atomic E-state index is 12.8. The highest BCUT2D eigenvalue weighted by molar-refractivity contribution is 7.61. The van der Waals surface area contributed by atoms with Crippen molar-refractivity contribution in [2.75, 3.05) is 25.6 Å². The number of phosphoric acid groups is 2. The lowest BCUT2D eigenvalue weighted by Crippen LogP contribution is -2.36. The van der Waals surface area contributed by atoms with Gasteiger partial charge in [0.05, 0.1) is 19.3 Å². The normalized spacial score (nSPS) is 20.3. The number of esters is 2. The number of aromatic nitrogens is 2. The summed E-state index contributed by atoms with van der Waals surface area (Å²) in [6.07, 6.45) is 25.6. The van der Waals surface area contributed by atoms with Crippen LogP contribution in [0.25, 0.3) is 0 Å². The number of unbranched alkanes of at least 4 members (excludes halogenated alkanes) is 17. The number of hydrogen-bond acceptors (Lipinski definition) is 16. The molecule has 0 aliphatic carbocycles. The van der Waals surface area contributed by atoms with E-state index < -0.39 is 89.8 Å². The van der Waals surface area contributed by atoms with Crippen LogP contribution in [0.2, 0.25) is 0 Å². The Morgan fingerprint density at radius 1 is 0.791 bits per heavy atom. The molecule has 384 valence electrons. The molecule has 1 aromatic heterocycles. The molecule has 2 heterocycles. The molecule has 1 saturated heterocycles. The number of carbonyl (C=O) groups excluding carboxylic acids is 2. The van der Waals surface area contributed by atoms with Crippen LogP contribution >= 0.6 is 15.6 Å². The van der Waals surface area contributed by atoms with Crippen LogP contribution in [0.3, 0.4) is 0 Å². The van der Waals surface area contributed by atoms with Crippen LogP contribution in [0.1, 0.15) is 168 Å². The van der Waals surface area contributed by atoms with Crippen molar-refractivity contribution < 1.29 is 71.4 Å². The Bertz CT molecular complexity index is 1780. The van der Waals surface area contributed by atoms with E-state index in [1.807, 2.05) is 37.3 Å². The highest BCUT2D eigenvalue weighted by atomic mass is 31.3. The lowest BCUT2D eigenvalue weighted by molar-refractivity contribution is -0.161. The third-order valence-corrected chi connectivity index (χ3v) is 13.4. The Kier molecular flexibility index (Phi) is 31.5. The lowest BCUT2D eigenvalue weighted by atomic mass is 10.0. The highest BCUT2D eigenvalue weighted by Gasteiger charge is 2.46. The first kappa shape index (κ1) is 60.1. The lowest BCUT2D eigenvalue weighted by Gasteiger charge is -2.21. The Morgan fingerprint density at radius 2 is 1.37 bits per heavy atom. The minimum atomic E-state index is -5.43. The summed E-state index contributed by atoms with van der Waals surface area (Å²) in [6, 6.07) is 1.24. The molecule has 8 atom stereocenters. The molecule has 21 heteroatoms. The fourth-order valence-electron chi connectivity index (χ4n) is 7.05. The topological polar surface area (TPSA) is 286 Å². The Hall–Kier alpha value is -3.06. The molecule has 0 bridgehead atoms. The van der Waals surface area contributed by atoms with E-state index in [1.54, 1.807) is 6.08 Å². The smallest absolute Gasteiger partial charge is 0.462 e. The van der Waals surface area contributed by atoms with Gasteiger partial charge in [0.15, 0.2) is 12.3 Å². The van der Waals surface area contributed by atoms with Gasteiger partial charge in [0, 0.05) is 19.0 Å². The second-order valence-electron chi connectivity index (χ2n) is 16.8. The number of ether oxygens (including phenoxy) is 3. The van der Waals surface area contributed by atoms with E-state index in [9.17, 15) is 48.6 Å². The molecule has 0 radical (unpaired) electrons. The van der Waals surface area contributed by atoms with Crippen LogP contribution in [0.5, 0.6) is 0 Å². The van der Waals surface area contributed by atoms with E-state index in [1.165, 1.54) is 57.4 Å². The third kappa shape index (κ3) is 28.3. The van der Waals surface area contributed by atoms with Crippen LogP contribution in [0.4, 0.5) is 5.82 Å². The van der Waals surface area contributed by atoms with Gasteiger partial charge in [0.2, 0.25) is 0 Å². The van der Waals surface area contributed by atoms with Gasteiger partial charge in [0.25, 0.3) is 0 Å². The summed E-state index contributed by atoms with van der Waals surface area (Å²) in [4.78, 5) is 61.8. The molecular formula is C46H79N3O16P2. The number of nitrogen functional groups attached to an aromatic ring is 1. The molecule has 67 heavy (non-hydrogen) atoms. The Balaban J connectivity index is 1.84. The Labute approximate surface area is 396 Å². The summed E-state index contributed by atoms with van der Waals surface area (Å²) in [5, 5.41) is 30.8. The van der Waals surface area contributed by atoms with Crippen LogP contribution in [-0.4, -0.2) is 96.9 Å². The van der Waals surface area contributed by atoms with E-state index in [-0.39, 0.29) is 18.7 Å². The minimum absolute atomic E-state index is 0.00492. The van der Waals surface area contributed by atoms with E-state index in [0.29, 0.717) is 19.3 Å². The molecule has 1 fully saturated rings. The number of allylic oxidation sites excluding steroid dienone is 4. The van der Waals surface area contributed by atoms with E-state index in [2.05, 4.69) is 16.2 Å². The van der Waals surface area contributed by atoms with Crippen LogP contribution in [-0.2, 0) is 46.3 Å². The molecule has 0 aromatic carbocycles. The Morgan fingerprint density at radius 3 is 1.99 bits per heavy atom. The predicted octanol–water partition coefficient (Wildman–Crippen LogP) is 8.19. The molecule has 2 rings (SSSR count). The number of carbonyl (C=O) groups is 2. The summed E-state index contributed by atoms with van der Waals surface area (Å²) in [6.45, 7) is 1.91. The van der Waals surface area contributed by atoms with Crippen LogP contribution in [0, 0.1) is 0 Å². The number of aliphatic hydroxyl groups is 3. The predicted molar refractivity (Wildman–Crippen MR) is 253 cm³/mol. The zero-order valence-electron chi connectivity index (χ0n) is 39.6. The largest absolute Gasteiger partial charge is 0.481 e. The number of nitrogens with zero attached hydrogens (tertiary/aromatic N) is 2. The zero-order valence-corrected chi connectivity index (χ0v) is 41.3. The van der Waals surface area contributed by atoms with Gasteiger partial charge in [-0.2, -0.15) is 9.29 Å². The second kappa shape index (κ2) is 35.1. The van der Waals surface area contributed by atoms with Crippen LogP contribution in [0.15, 0.2) is 53.5 Å². The maximum atomic E-state index is 12.8. The monoisotopic (exact) mass is 991 g/mol. The van der Waals surface area contributed by atoms with Crippen molar-refractivity contribution in [3.05, 3.63) is 59.2 Å². The molecule has 0 spiro atoms. The van der Waals surface area contributed by atoms with Crippen molar-refractivity contribution in [3.63, 3.8) is 0 Å². The molecule has 0 saturated carbocycles. The van der Waals surface area contributed by atoms with Gasteiger partial charge in [-0.15, -0.1) is 0 Å². The molecule has 1 aliphatic rings. The molecule has 3 unspecified atom stereocenters. The number of nitrogens with two attached hydrogens (primary N) is 1. The summed E-state index contributed by atoms with van der Waals surface area (Å²) >= 11 is 0. The molecule has 0 amide bonds. The minimum Gasteiger partial charge on any atom is -0.462 e. The maximum Gasteiger partial charge on any atom is 0.481 e. The zero-order chi connectivity index (χ0) is 49.3. The summed E-state index contributed by atoms with van der Waals surface area (Å²) < 4.78 is 56.6. The first-order valence-corrected chi connectivity index (χ1v) is 27.1. The van der Waals surface area contributed by atoms with Gasteiger partial charge in [-0.05, 0) is 44.6 Å². The number of anilines is 1. The van der Waals surface area contributed by atoms with Crippen molar-refractivity contribution >= 4 is 33.4 Å². The number of rotatable bonds is 39. The summed E-state index contributed by atoms with van der Waals surface area (Å²) in [7, 11) is -10.9. The van der Waals surface area contributed by atoms with Crippen molar-refractivity contribution in [2.24, 2.45) is 0 Å². The number of aliphatic hydroxyl groups excluding tert-OH is 3. The second-order valence-corrected chi connectivity index (χ2v) is 19.8. The fraction of sp³-hybridized carbons (Fsp3) is 0.739. The SMILES string of the molecule is CC/C=C/CC(O)/C=C/C=C/CCCCCCCC(=O)O[C@H](COC(=O)CCCCCCCCCCCCCCC)COP(=O)(O)OP(=O)(O)OC[C@H]1O[C@@H](n2ccc(N)nc2=O)[C@H](O)[C@@H]1O. The fourth-order valence-corrected chi connectivity index (χ4v) is 9.17. The molecule has 1 aliphatic heterocycles. The van der Waals surface area contributed by atoms with Gasteiger partial charge >= 0.3 is 33.3 Å². The third-order valence-electron chi connectivity index (χ3n) is 10.8. The quantitative estimate of drug-likeness (QED) is 0.0119. The number of phosphoric ester groups is 2. The average molecular weight is 992 g/mol. The average Bonchev–Trinajstić information content (AvgIpc) is 3.55. The first-order chi connectivity index (χ1) is 32.1. The van der Waals surface area contributed by atoms with Crippen molar-refractivity contribution in [2.45, 2.75) is 198 Å². The first-order valence-electron chi connectivity index (χ1n) is 24.1. The standard InChI is InChI=1S/C46H79N3O16P2/c1-3-5-7-8-9-10-11-12-13-16-19-22-26-30-41(51)60-34-38(63-42(52)31-27-23-20-17-14-15-18-21-25-29-37(50)28-24-6-4-2)35-61-66(56,57)65-67(58,59)62-36-39-43(53)44(54)45(64-39)49-33-32-40(47)48-46(49)55/h6,18,21,24-25,29,32-33,37-39,43-45,50,53-54H,3-5,7-17,19-20,22-23,26-28,30-31,34-36H2,1-2H3,(H,56,57)(H,58,59)(H2,47,48,55)/b21-18+,24-6+,29-25+/t37?,38-,39-,43-,44-,45-/m1/s1. The van der Waals surface area contributed by atoms with E-state index in [4.69, 9.17) is 29.0 Å². The highest BCUT2D eigenvalue weighted by Crippen LogP contribution is 2.60. The van der Waals surface area contributed by atoms with Crippen molar-refractivity contribution in [1.29, 1.82) is 0 Å². The van der Waals surface area contributed by atoms with Crippen LogP contribution < -0.4 is 11.4 Å². The molecule has 19 nitrogen and oxygen atoms in total. The van der Waals surface area contributed by atoms with E-state index >= 15 is 0 Å². The van der Waals surface area contributed by atoms with Gasteiger partial charge < -0.3 is 45.1 Å². The van der Waals surface area contributed by atoms with Gasteiger partial charge in [0.1, 0.15) is 30.7 Å². The van der Waals surface area contributed by atoms with Gasteiger partial charge in [-0.1, -0.05) is 147 Å².